The Labute approximate surface area is 169 Å². The van der Waals surface area contributed by atoms with Crippen LogP contribution in [0.3, 0.4) is 0 Å². The Hall–Kier alpha value is -2.64. The third-order valence-corrected chi connectivity index (χ3v) is 5.30. The number of benzene rings is 2. The van der Waals surface area contributed by atoms with Gasteiger partial charge in [0.15, 0.2) is 11.0 Å². The largest absolute Gasteiger partial charge is 0.383 e. The van der Waals surface area contributed by atoms with Crippen LogP contribution in [0.5, 0.6) is 0 Å². The predicted molar refractivity (Wildman–Crippen MR) is 112 cm³/mol. The Bertz CT molecular complexity index is 941. The van der Waals surface area contributed by atoms with E-state index < -0.39 is 0 Å². The molecule has 3 rings (SSSR count). The summed E-state index contributed by atoms with van der Waals surface area (Å²) in [6.45, 7) is 5.16. The lowest BCUT2D eigenvalue weighted by Gasteiger charge is -2.12. The Morgan fingerprint density at radius 3 is 2.61 bits per heavy atom. The van der Waals surface area contributed by atoms with Crippen molar-refractivity contribution >= 4 is 17.7 Å². The minimum Gasteiger partial charge on any atom is -0.383 e. The first kappa shape index (κ1) is 20.1. The molecule has 0 radical (unpaired) electrons. The van der Waals surface area contributed by atoms with Crippen molar-refractivity contribution in [3.05, 3.63) is 59.7 Å². The van der Waals surface area contributed by atoms with Crippen molar-refractivity contribution in [1.29, 1.82) is 0 Å². The van der Waals surface area contributed by atoms with Gasteiger partial charge in [-0.05, 0) is 37.1 Å². The highest BCUT2D eigenvalue weighted by Crippen LogP contribution is 2.28. The van der Waals surface area contributed by atoms with Gasteiger partial charge in [-0.3, -0.25) is 9.36 Å². The summed E-state index contributed by atoms with van der Waals surface area (Å²) in [5, 5.41) is 12.3. The monoisotopic (exact) mass is 396 g/mol. The Balaban J connectivity index is 1.91. The summed E-state index contributed by atoms with van der Waals surface area (Å²) in [6.07, 6.45) is 0. The number of methoxy groups -OCH3 is 1. The van der Waals surface area contributed by atoms with E-state index >= 15 is 0 Å². The molecule has 1 heterocycles. The lowest BCUT2D eigenvalue weighted by atomic mass is 10.1. The van der Waals surface area contributed by atoms with E-state index in [0.29, 0.717) is 18.3 Å². The number of aryl methyl sites for hydroxylation is 2. The summed E-state index contributed by atoms with van der Waals surface area (Å²) >= 11 is 1.37. The zero-order valence-corrected chi connectivity index (χ0v) is 17.1. The quantitative estimate of drug-likeness (QED) is 0.467. The molecule has 146 valence electrons. The van der Waals surface area contributed by atoms with E-state index in [4.69, 9.17) is 4.74 Å². The van der Waals surface area contributed by atoms with Crippen LogP contribution in [0.1, 0.15) is 11.1 Å². The third-order valence-electron chi connectivity index (χ3n) is 4.37. The van der Waals surface area contributed by atoms with E-state index in [9.17, 15) is 4.79 Å². The van der Waals surface area contributed by atoms with Gasteiger partial charge in [0, 0.05) is 19.2 Å². The molecule has 0 bridgehead atoms. The molecule has 6 nitrogen and oxygen atoms in total. The SMILES string of the molecule is COCCNC(=O)CSc1nnc(-c2ccccc2)n1-c1ccc(C)c(C)c1. The van der Waals surface area contributed by atoms with Crippen molar-refractivity contribution in [3.8, 4) is 17.1 Å². The molecule has 0 aliphatic rings. The van der Waals surface area contributed by atoms with Gasteiger partial charge in [-0.1, -0.05) is 48.2 Å². The summed E-state index contributed by atoms with van der Waals surface area (Å²) in [6, 6.07) is 16.2. The second-order valence-corrected chi connectivity index (χ2v) is 7.35. The van der Waals surface area contributed by atoms with Gasteiger partial charge >= 0.3 is 0 Å². The smallest absolute Gasteiger partial charge is 0.230 e. The molecule has 1 aromatic heterocycles. The van der Waals surface area contributed by atoms with Gasteiger partial charge in [-0.2, -0.15) is 0 Å². The topological polar surface area (TPSA) is 69.0 Å². The van der Waals surface area contributed by atoms with E-state index in [2.05, 4.69) is 47.6 Å². The number of nitrogens with zero attached hydrogens (tertiary/aromatic N) is 3. The number of rotatable bonds is 8. The Morgan fingerprint density at radius 2 is 1.89 bits per heavy atom. The number of amides is 1. The number of aromatic nitrogens is 3. The highest BCUT2D eigenvalue weighted by molar-refractivity contribution is 7.99. The van der Waals surface area contributed by atoms with E-state index in [-0.39, 0.29) is 11.7 Å². The van der Waals surface area contributed by atoms with Gasteiger partial charge in [0.2, 0.25) is 5.91 Å². The highest BCUT2D eigenvalue weighted by atomic mass is 32.2. The molecule has 1 amide bonds. The van der Waals surface area contributed by atoms with Gasteiger partial charge in [-0.25, -0.2) is 0 Å². The maximum absolute atomic E-state index is 12.1. The van der Waals surface area contributed by atoms with Crippen LogP contribution in [0.15, 0.2) is 53.7 Å². The van der Waals surface area contributed by atoms with Gasteiger partial charge in [0.05, 0.1) is 18.0 Å². The molecule has 28 heavy (non-hydrogen) atoms. The van der Waals surface area contributed by atoms with E-state index in [1.807, 2.05) is 34.9 Å². The molecule has 7 heteroatoms. The lowest BCUT2D eigenvalue weighted by Crippen LogP contribution is -2.28. The minimum atomic E-state index is -0.0575. The average molecular weight is 397 g/mol. The third kappa shape index (κ3) is 4.79. The summed E-state index contributed by atoms with van der Waals surface area (Å²) in [4.78, 5) is 12.1. The Morgan fingerprint density at radius 1 is 1.11 bits per heavy atom. The number of nitrogens with one attached hydrogen (secondary N) is 1. The van der Waals surface area contributed by atoms with E-state index in [1.165, 1.54) is 22.9 Å². The van der Waals surface area contributed by atoms with Crippen LogP contribution in [-0.4, -0.2) is 46.7 Å². The zero-order chi connectivity index (χ0) is 19.9. The fourth-order valence-electron chi connectivity index (χ4n) is 2.71. The van der Waals surface area contributed by atoms with Gasteiger partial charge in [0.1, 0.15) is 0 Å². The predicted octanol–water partition coefficient (Wildman–Crippen LogP) is 3.41. The van der Waals surface area contributed by atoms with Gasteiger partial charge in [-0.15, -0.1) is 10.2 Å². The number of hydrogen-bond acceptors (Lipinski definition) is 5. The molecular weight excluding hydrogens is 372 g/mol. The first-order chi connectivity index (χ1) is 13.6. The molecule has 0 aliphatic carbocycles. The van der Waals surface area contributed by atoms with Crippen LogP contribution in [0, 0.1) is 13.8 Å². The molecular formula is C21H24N4O2S. The van der Waals surface area contributed by atoms with Crippen molar-refractivity contribution in [2.24, 2.45) is 0 Å². The van der Waals surface area contributed by atoms with Crippen LogP contribution in [0.4, 0.5) is 0 Å². The first-order valence-corrected chi connectivity index (χ1v) is 10.1. The van der Waals surface area contributed by atoms with Crippen LogP contribution < -0.4 is 5.32 Å². The lowest BCUT2D eigenvalue weighted by molar-refractivity contribution is -0.118. The van der Waals surface area contributed by atoms with E-state index in [0.717, 1.165) is 17.1 Å². The minimum absolute atomic E-state index is 0.0575. The normalized spacial score (nSPS) is 10.8. The molecule has 0 spiro atoms. The van der Waals surface area contributed by atoms with Crippen LogP contribution in [0.2, 0.25) is 0 Å². The molecule has 3 aromatic rings. The van der Waals surface area contributed by atoms with E-state index in [1.54, 1.807) is 7.11 Å². The molecule has 1 N–H and O–H groups in total. The van der Waals surface area contributed by atoms with Crippen molar-refractivity contribution in [2.45, 2.75) is 19.0 Å². The molecule has 0 unspecified atom stereocenters. The molecule has 0 atom stereocenters. The number of thioether (sulfide) groups is 1. The summed E-state index contributed by atoms with van der Waals surface area (Å²) in [5.41, 5.74) is 4.38. The molecule has 2 aromatic carbocycles. The highest BCUT2D eigenvalue weighted by Gasteiger charge is 2.17. The molecule has 0 saturated carbocycles. The number of carbonyl (C=O) groups is 1. The van der Waals surface area contributed by atoms with Crippen molar-refractivity contribution in [1.82, 2.24) is 20.1 Å². The first-order valence-electron chi connectivity index (χ1n) is 9.07. The fraction of sp³-hybridized carbons (Fsp3) is 0.286. The molecule has 0 aliphatic heterocycles. The van der Waals surface area contributed by atoms with Crippen molar-refractivity contribution < 1.29 is 9.53 Å². The van der Waals surface area contributed by atoms with Crippen molar-refractivity contribution in [2.75, 3.05) is 26.0 Å². The van der Waals surface area contributed by atoms with Gasteiger partial charge < -0.3 is 10.1 Å². The second kappa shape index (κ2) is 9.52. The maximum Gasteiger partial charge on any atom is 0.230 e. The molecule has 0 saturated heterocycles. The van der Waals surface area contributed by atoms with Crippen LogP contribution >= 0.6 is 11.8 Å². The second-order valence-electron chi connectivity index (χ2n) is 6.41. The van der Waals surface area contributed by atoms with Crippen LogP contribution in [0.25, 0.3) is 17.1 Å². The Kier molecular flexibility index (Phi) is 6.84. The summed E-state index contributed by atoms with van der Waals surface area (Å²) in [5.74, 6) is 0.964. The average Bonchev–Trinajstić information content (AvgIpc) is 3.13. The van der Waals surface area contributed by atoms with Gasteiger partial charge in [0.25, 0.3) is 0 Å². The standard InChI is InChI=1S/C21H24N4O2S/c1-15-9-10-18(13-16(15)2)25-20(17-7-5-4-6-8-17)23-24-21(25)28-14-19(26)22-11-12-27-3/h4-10,13H,11-12,14H2,1-3H3,(H,22,26). The number of ether oxygens (including phenoxy) is 1. The van der Waals surface area contributed by atoms with Crippen LogP contribution in [-0.2, 0) is 9.53 Å². The maximum atomic E-state index is 12.1. The van der Waals surface area contributed by atoms with Crippen molar-refractivity contribution in [3.63, 3.8) is 0 Å². The number of carbonyl (C=O) groups excluding carboxylic acids is 1. The molecule has 0 fully saturated rings. The summed E-state index contributed by atoms with van der Waals surface area (Å²) in [7, 11) is 1.61. The fourth-order valence-corrected chi connectivity index (χ4v) is 3.49. The summed E-state index contributed by atoms with van der Waals surface area (Å²) < 4.78 is 6.97. The zero-order valence-electron chi connectivity index (χ0n) is 16.3. The number of hydrogen-bond donors (Lipinski definition) is 1.